The van der Waals surface area contributed by atoms with E-state index in [-0.39, 0.29) is 0 Å². The van der Waals surface area contributed by atoms with E-state index in [2.05, 4.69) is 27.0 Å². The Hall–Kier alpha value is -2.24. The highest BCUT2D eigenvalue weighted by atomic mass is 15.3. The molecular weight excluding hydrogens is 312 g/mol. The SMILES string of the molecule is Cc1nc2c(c(N3CCC(N(C)c4cccnn4)CC3)n1)CCCC2. The van der Waals surface area contributed by atoms with E-state index in [0.717, 1.165) is 50.4 Å². The largest absolute Gasteiger partial charge is 0.356 e. The van der Waals surface area contributed by atoms with Gasteiger partial charge in [-0.05, 0) is 57.6 Å². The first kappa shape index (κ1) is 16.2. The molecule has 3 heterocycles. The van der Waals surface area contributed by atoms with E-state index >= 15 is 0 Å². The van der Waals surface area contributed by atoms with Gasteiger partial charge < -0.3 is 9.80 Å². The molecule has 2 aliphatic rings. The number of aryl methyl sites for hydroxylation is 2. The van der Waals surface area contributed by atoms with Crippen molar-refractivity contribution in [2.24, 2.45) is 0 Å². The maximum absolute atomic E-state index is 4.82. The number of piperidine rings is 1. The fourth-order valence-electron chi connectivity index (χ4n) is 4.09. The van der Waals surface area contributed by atoms with Gasteiger partial charge in [-0.3, -0.25) is 0 Å². The zero-order chi connectivity index (χ0) is 17.2. The predicted molar refractivity (Wildman–Crippen MR) is 99.1 cm³/mol. The molecule has 25 heavy (non-hydrogen) atoms. The van der Waals surface area contributed by atoms with Crippen molar-refractivity contribution in [3.8, 4) is 0 Å². The monoisotopic (exact) mass is 338 g/mol. The Morgan fingerprint density at radius 3 is 2.68 bits per heavy atom. The number of fused-ring (bicyclic) bond motifs is 1. The highest BCUT2D eigenvalue weighted by Gasteiger charge is 2.27. The first-order valence-electron chi connectivity index (χ1n) is 9.34. The normalized spacial score (nSPS) is 18.1. The Morgan fingerprint density at radius 2 is 1.92 bits per heavy atom. The van der Waals surface area contributed by atoms with Crippen molar-refractivity contribution in [1.29, 1.82) is 0 Å². The Labute approximate surface area is 149 Å². The van der Waals surface area contributed by atoms with Crippen molar-refractivity contribution in [1.82, 2.24) is 20.2 Å². The van der Waals surface area contributed by atoms with Crippen molar-refractivity contribution < 1.29 is 0 Å². The van der Waals surface area contributed by atoms with Gasteiger partial charge in [0.1, 0.15) is 11.6 Å². The molecule has 1 aliphatic heterocycles. The maximum atomic E-state index is 4.82. The number of nitrogens with zero attached hydrogens (tertiary/aromatic N) is 6. The summed E-state index contributed by atoms with van der Waals surface area (Å²) in [5.41, 5.74) is 2.69. The molecule has 4 rings (SSSR count). The molecular formula is C19H26N6. The van der Waals surface area contributed by atoms with Crippen molar-refractivity contribution in [2.75, 3.05) is 29.9 Å². The van der Waals surface area contributed by atoms with Crippen molar-refractivity contribution >= 4 is 11.6 Å². The molecule has 0 bridgehead atoms. The van der Waals surface area contributed by atoms with Crippen LogP contribution < -0.4 is 9.80 Å². The highest BCUT2D eigenvalue weighted by Crippen LogP contribution is 2.30. The second-order valence-electron chi connectivity index (χ2n) is 7.14. The van der Waals surface area contributed by atoms with E-state index in [1.807, 2.05) is 19.1 Å². The Morgan fingerprint density at radius 1 is 1.12 bits per heavy atom. The van der Waals surface area contributed by atoms with Crippen LogP contribution in [0, 0.1) is 6.92 Å². The molecule has 0 unspecified atom stereocenters. The lowest BCUT2D eigenvalue weighted by Gasteiger charge is -2.38. The zero-order valence-corrected chi connectivity index (χ0v) is 15.1. The predicted octanol–water partition coefficient (Wildman–Crippen LogP) is 2.56. The summed E-state index contributed by atoms with van der Waals surface area (Å²) in [5.74, 6) is 3.06. The Bertz CT molecular complexity index is 724. The molecule has 0 atom stereocenters. The molecule has 0 saturated carbocycles. The Kier molecular flexibility index (Phi) is 4.51. The lowest BCUT2D eigenvalue weighted by Crippen LogP contribution is -2.44. The van der Waals surface area contributed by atoms with Gasteiger partial charge in [0.15, 0.2) is 5.82 Å². The second kappa shape index (κ2) is 6.94. The number of hydrogen-bond acceptors (Lipinski definition) is 6. The average molecular weight is 338 g/mol. The van der Waals surface area contributed by atoms with Crippen LogP contribution in [0.2, 0.25) is 0 Å². The summed E-state index contributed by atoms with van der Waals surface area (Å²) >= 11 is 0. The fraction of sp³-hybridized carbons (Fsp3) is 0.579. The standard InChI is InChI=1S/C19H26N6/c1-14-21-17-7-4-3-6-16(17)19(22-14)25-12-9-15(10-13-25)24(2)18-8-5-11-20-23-18/h5,8,11,15H,3-4,6-7,9-10,12-13H2,1-2H3. The molecule has 2 aromatic heterocycles. The third kappa shape index (κ3) is 3.30. The van der Waals surface area contributed by atoms with Crippen LogP contribution in [0.5, 0.6) is 0 Å². The van der Waals surface area contributed by atoms with Gasteiger partial charge in [-0.15, -0.1) is 5.10 Å². The van der Waals surface area contributed by atoms with E-state index < -0.39 is 0 Å². The number of rotatable bonds is 3. The summed E-state index contributed by atoms with van der Waals surface area (Å²) < 4.78 is 0. The molecule has 0 N–H and O–H groups in total. The van der Waals surface area contributed by atoms with Gasteiger partial charge >= 0.3 is 0 Å². The lowest BCUT2D eigenvalue weighted by molar-refractivity contribution is 0.474. The summed E-state index contributed by atoms with van der Waals surface area (Å²) in [6.45, 7) is 4.10. The summed E-state index contributed by atoms with van der Waals surface area (Å²) in [7, 11) is 2.13. The third-order valence-corrected chi connectivity index (χ3v) is 5.50. The van der Waals surface area contributed by atoms with E-state index in [0.29, 0.717) is 6.04 Å². The second-order valence-corrected chi connectivity index (χ2v) is 7.14. The molecule has 1 saturated heterocycles. The van der Waals surface area contributed by atoms with Gasteiger partial charge in [0.2, 0.25) is 0 Å². The average Bonchev–Trinajstić information content (AvgIpc) is 2.67. The minimum atomic E-state index is 0.506. The topological polar surface area (TPSA) is 58.0 Å². The van der Waals surface area contributed by atoms with Crippen LogP contribution in [0.15, 0.2) is 18.3 Å². The van der Waals surface area contributed by atoms with Crippen LogP contribution in [0.25, 0.3) is 0 Å². The molecule has 1 fully saturated rings. The van der Waals surface area contributed by atoms with Crippen LogP contribution >= 0.6 is 0 Å². The molecule has 0 spiro atoms. The molecule has 0 radical (unpaired) electrons. The van der Waals surface area contributed by atoms with Crippen LogP contribution in [0.1, 0.15) is 42.8 Å². The van der Waals surface area contributed by atoms with E-state index in [1.165, 1.54) is 29.9 Å². The maximum Gasteiger partial charge on any atom is 0.151 e. The molecule has 6 heteroatoms. The van der Waals surface area contributed by atoms with Gasteiger partial charge in [-0.25, -0.2) is 9.97 Å². The van der Waals surface area contributed by atoms with Crippen LogP contribution in [0.3, 0.4) is 0 Å². The quantitative estimate of drug-likeness (QED) is 0.857. The molecule has 0 amide bonds. The van der Waals surface area contributed by atoms with Crippen molar-refractivity contribution in [2.45, 2.75) is 51.5 Å². The molecule has 2 aromatic rings. The minimum absolute atomic E-state index is 0.506. The summed E-state index contributed by atoms with van der Waals surface area (Å²) in [6.07, 6.45) is 8.71. The smallest absolute Gasteiger partial charge is 0.151 e. The minimum Gasteiger partial charge on any atom is -0.356 e. The summed E-state index contributed by atoms with van der Waals surface area (Å²) in [4.78, 5) is 14.2. The third-order valence-electron chi connectivity index (χ3n) is 5.50. The van der Waals surface area contributed by atoms with Crippen LogP contribution in [0.4, 0.5) is 11.6 Å². The summed E-state index contributed by atoms with van der Waals surface area (Å²) in [5, 5.41) is 8.24. The fourth-order valence-corrected chi connectivity index (χ4v) is 4.09. The summed E-state index contributed by atoms with van der Waals surface area (Å²) in [6, 6.07) is 4.49. The van der Waals surface area contributed by atoms with Gasteiger partial charge in [-0.1, -0.05) is 0 Å². The van der Waals surface area contributed by atoms with Crippen molar-refractivity contribution in [3.63, 3.8) is 0 Å². The number of aromatic nitrogens is 4. The molecule has 6 nitrogen and oxygen atoms in total. The van der Waals surface area contributed by atoms with E-state index in [1.54, 1.807) is 6.20 Å². The van der Waals surface area contributed by atoms with E-state index in [9.17, 15) is 0 Å². The van der Waals surface area contributed by atoms with Gasteiger partial charge in [0, 0.05) is 43.6 Å². The van der Waals surface area contributed by atoms with E-state index in [4.69, 9.17) is 9.97 Å². The Balaban J connectivity index is 1.48. The zero-order valence-electron chi connectivity index (χ0n) is 15.1. The lowest BCUT2D eigenvalue weighted by atomic mass is 9.95. The van der Waals surface area contributed by atoms with Crippen molar-refractivity contribution in [3.05, 3.63) is 35.4 Å². The molecule has 1 aliphatic carbocycles. The highest BCUT2D eigenvalue weighted by molar-refractivity contribution is 5.51. The molecule has 132 valence electrons. The first-order chi connectivity index (χ1) is 12.2. The van der Waals surface area contributed by atoms with Crippen LogP contribution in [-0.2, 0) is 12.8 Å². The van der Waals surface area contributed by atoms with Gasteiger partial charge in [-0.2, -0.15) is 5.10 Å². The molecule has 0 aromatic carbocycles. The van der Waals surface area contributed by atoms with Crippen LogP contribution in [-0.4, -0.2) is 46.3 Å². The number of hydrogen-bond donors (Lipinski definition) is 0. The van der Waals surface area contributed by atoms with Gasteiger partial charge in [0.25, 0.3) is 0 Å². The number of anilines is 2. The van der Waals surface area contributed by atoms with Gasteiger partial charge in [0.05, 0.1) is 0 Å². The first-order valence-corrected chi connectivity index (χ1v) is 9.34.